The van der Waals surface area contributed by atoms with Gasteiger partial charge in [-0.2, -0.15) is 11.8 Å². The average molecular weight is 296 g/mol. The number of rotatable bonds is 5. The van der Waals surface area contributed by atoms with Crippen molar-refractivity contribution in [3.63, 3.8) is 0 Å². The van der Waals surface area contributed by atoms with Crippen LogP contribution in [-0.2, 0) is 0 Å². The van der Waals surface area contributed by atoms with E-state index in [1.807, 2.05) is 30.0 Å². The molecule has 1 heterocycles. The maximum atomic E-state index is 5.76. The van der Waals surface area contributed by atoms with Crippen LogP contribution in [0.25, 0.3) is 0 Å². The summed E-state index contributed by atoms with van der Waals surface area (Å²) in [4.78, 5) is 0.418. The van der Waals surface area contributed by atoms with Gasteiger partial charge in [0.25, 0.3) is 0 Å². The summed E-state index contributed by atoms with van der Waals surface area (Å²) in [6, 6.07) is 5.76. The fourth-order valence-electron chi connectivity index (χ4n) is 2.20. The number of hydrogen-bond donors (Lipinski definition) is 2. The molecule has 19 heavy (non-hydrogen) atoms. The summed E-state index contributed by atoms with van der Waals surface area (Å²) in [5.41, 5.74) is 7.62. The number of benzene rings is 1. The smallest absolute Gasteiger partial charge is 0.120 e. The number of anilines is 1. The largest absolute Gasteiger partial charge is 0.497 e. The molecule has 1 saturated heterocycles. The van der Waals surface area contributed by atoms with Crippen LogP contribution in [0.2, 0.25) is 0 Å². The van der Waals surface area contributed by atoms with Gasteiger partial charge in [0.05, 0.1) is 7.11 Å². The fourth-order valence-corrected chi connectivity index (χ4v) is 3.62. The number of methoxy groups -OCH3 is 1. The molecule has 0 saturated carbocycles. The molecule has 3 nitrogen and oxygen atoms in total. The Hall–Kier alpha value is -0.940. The van der Waals surface area contributed by atoms with Gasteiger partial charge in [-0.3, -0.25) is 0 Å². The first-order valence-corrected chi connectivity index (χ1v) is 7.99. The third-order valence-electron chi connectivity index (χ3n) is 3.29. The number of thioether (sulfide) groups is 1. The maximum Gasteiger partial charge on any atom is 0.120 e. The summed E-state index contributed by atoms with van der Waals surface area (Å²) in [5, 5.41) is 4.15. The summed E-state index contributed by atoms with van der Waals surface area (Å²) in [5.74, 6) is 2.09. The highest BCUT2D eigenvalue weighted by Gasteiger charge is 2.14. The van der Waals surface area contributed by atoms with Crippen LogP contribution in [0.1, 0.15) is 24.8 Å². The Morgan fingerprint density at radius 1 is 1.53 bits per heavy atom. The number of ether oxygens (including phenoxy) is 1. The Balaban J connectivity index is 2.06. The zero-order chi connectivity index (χ0) is 13.7. The second-order valence-electron chi connectivity index (χ2n) is 4.65. The lowest BCUT2D eigenvalue weighted by Crippen LogP contribution is -2.22. The number of nitrogens with two attached hydrogens (primary N) is 1. The summed E-state index contributed by atoms with van der Waals surface area (Å²) < 4.78 is 5.25. The van der Waals surface area contributed by atoms with Gasteiger partial charge in [-0.25, -0.2) is 0 Å². The van der Waals surface area contributed by atoms with E-state index in [0.29, 0.717) is 10.2 Å². The third kappa shape index (κ3) is 4.01. The Kier molecular flexibility index (Phi) is 5.34. The van der Waals surface area contributed by atoms with E-state index in [4.69, 9.17) is 22.7 Å². The molecule has 1 atom stereocenters. The first kappa shape index (κ1) is 14.5. The van der Waals surface area contributed by atoms with Crippen molar-refractivity contribution in [1.82, 2.24) is 0 Å². The lowest BCUT2D eigenvalue weighted by atomic mass is 10.1. The second kappa shape index (κ2) is 7.01. The zero-order valence-corrected chi connectivity index (χ0v) is 12.8. The summed E-state index contributed by atoms with van der Waals surface area (Å²) in [6.45, 7) is 0.952. The molecule has 1 aliphatic rings. The highest BCUT2D eigenvalue weighted by molar-refractivity contribution is 7.99. The molecule has 1 unspecified atom stereocenters. The van der Waals surface area contributed by atoms with Gasteiger partial charge in [0.1, 0.15) is 10.7 Å². The lowest BCUT2D eigenvalue weighted by molar-refractivity contribution is 0.415. The van der Waals surface area contributed by atoms with Crippen LogP contribution in [0, 0.1) is 0 Å². The maximum absolute atomic E-state index is 5.76. The summed E-state index contributed by atoms with van der Waals surface area (Å²) in [7, 11) is 1.66. The topological polar surface area (TPSA) is 47.3 Å². The van der Waals surface area contributed by atoms with E-state index in [1.54, 1.807) is 7.11 Å². The van der Waals surface area contributed by atoms with Crippen molar-refractivity contribution >= 4 is 34.7 Å². The highest BCUT2D eigenvalue weighted by atomic mass is 32.2. The van der Waals surface area contributed by atoms with Gasteiger partial charge in [0.2, 0.25) is 0 Å². The van der Waals surface area contributed by atoms with Crippen molar-refractivity contribution in [3.8, 4) is 5.75 Å². The number of hydrogen-bond acceptors (Lipinski definition) is 4. The molecule has 104 valence electrons. The first-order chi connectivity index (χ1) is 9.20. The van der Waals surface area contributed by atoms with Crippen LogP contribution in [0.3, 0.4) is 0 Å². The molecule has 1 aromatic carbocycles. The van der Waals surface area contributed by atoms with E-state index in [-0.39, 0.29) is 0 Å². The van der Waals surface area contributed by atoms with Crippen LogP contribution < -0.4 is 15.8 Å². The quantitative estimate of drug-likeness (QED) is 0.818. The number of thiocarbonyl (C=S) groups is 1. The van der Waals surface area contributed by atoms with Crippen molar-refractivity contribution in [2.24, 2.45) is 5.73 Å². The van der Waals surface area contributed by atoms with Gasteiger partial charge in [-0.15, -0.1) is 0 Å². The van der Waals surface area contributed by atoms with Crippen molar-refractivity contribution in [2.75, 3.05) is 24.7 Å². The van der Waals surface area contributed by atoms with Crippen LogP contribution in [0.4, 0.5) is 5.69 Å². The third-order valence-corrected chi connectivity index (χ3v) is 4.90. The molecular formula is C14H20N2OS2. The first-order valence-electron chi connectivity index (χ1n) is 6.54. The van der Waals surface area contributed by atoms with Gasteiger partial charge in [0, 0.05) is 29.1 Å². The molecule has 0 amide bonds. The molecule has 1 fully saturated rings. The van der Waals surface area contributed by atoms with Crippen LogP contribution >= 0.6 is 24.0 Å². The molecular weight excluding hydrogens is 276 g/mol. The van der Waals surface area contributed by atoms with Crippen molar-refractivity contribution in [3.05, 3.63) is 23.8 Å². The second-order valence-corrected chi connectivity index (χ2v) is 6.49. The van der Waals surface area contributed by atoms with E-state index in [1.165, 1.54) is 25.0 Å². The molecule has 1 aromatic rings. The predicted octanol–water partition coefficient (Wildman–Crippen LogP) is 3.03. The monoisotopic (exact) mass is 296 g/mol. The molecule has 1 aliphatic heterocycles. The summed E-state index contributed by atoms with van der Waals surface area (Å²) >= 11 is 7.14. The minimum absolute atomic E-state index is 0.418. The van der Waals surface area contributed by atoms with E-state index in [0.717, 1.165) is 23.5 Å². The molecule has 3 N–H and O–H groups in total. The Bertz CT molecular complexity index is 445. The minimum atomic E-state index is 0.418. The van der Waals surface area contributed by atoms with Crippen molar-refractivity contribution < 1.29 is 4.74 Å². The van der Waals surface area contributed by atoms with Crippen molar-refractivity contribution in [1.29, 1.82) is 0 Å². The predicted molar refractivity (Wildman–Crippen MR) is 87.5 cm³/mol. The standard InChI is InChI=1S/C14H20N2OS2/c1-17-10-5-6-12(14(15)18)13(8-10)16-9-11-4-2-3-7-19-11/h5-6,8,11,16H,2-4,7,9H2,1H3,(H2,15,18). The Labute approximate surface area is 124 Å². The molecule has 0 spiro atoms. The van der Waals surface area contributed by atoms with Gasteiger partial charge in [-0.1, -0.05) is 18.6 Å². The molecule has 2 rings (SSSR count). The van der Waals surface area contributed by atoms with Crippen LogP contribution in [-0.4, -0.2) is 29.6 Å². The van der Waals surface area contributed by atoms with Crippen LogP contribution in [0.5, 0.6) is 5.75 Å². The zero-order valence-electron chi connectivity index (χ0n) is 11.1. The SMILES string of the molecule is COc1ccc(C(N)=S)c(NCC2CCCCS2)c1. The van der Waals surface area contributed by atoms with E-state index >= 15 is 0 Å². The highest BCUT2D eigenvalue weighted by Crippen LogP contribution is 2.27. The Morgan fingerprint density at radius 3 is 3.00 bits per heavy atom. The lowest BCUT2D eigenvalue weighted by Gasteiger charge is -2.22. The van der Waals surface area contributed by atoms with Gasteiger partial charge in [-0.05, 0) is 30.7 Å². The van der Waals surface area contributed by atoms with Crippen LogP contribution in [0.15, 0.2) is 18.2 Å². The Morgan fingerprint density at radius 2 is 2.37 bits per heavy atom. The van der Waals surface area contributed by atoms with E-state index in [2.05, 4.69) is 5.32 Å². The number of nitrogens with one attached hydrogen (secondary N) is 1. The normalized spacial score (nSPS) is 18.9. The molecule has 0 aliphatic carbocycles. The average Bonchev–Trinajstić information content (AvgIpc) is 2.45. The van der Waals surface area contributed by atoms with Crippen molar-refractivity contribution in [2.45, 2.75) is 24.5 Å². The van der Waals surface area contributed by atoms with E-state index < -0.39 is 0 Å². The van der Waals surface area contributed by atoms with E-state index in [9.17, 15) is 0 Å². The van der Waals surface area contributed by atoms with Gasteiger partial charge in [0.15, 0.2) is 0 Å². The molecule has 0 bridgehead atoms. The summed E-state index contributed by atoms with van der Waals surface area (Å²) in [6.07, 6.45) is 3.96. The minimum Gasteiger partial charge on any atom is -0.497 e. The van der Waals surface area contributed by atoms with Gasteiger partial charge < -0.3 is 15.8 Å². The molecule has 0 radical (unpaired) electrons. The molecule has 0 aromatic heterocycles. The molecule has 5 heteroatoms. The van der Waals surface area contributed by atoms with Gasteiger partial charge >= 0.3 is 0 Å². The fraction of sp³-hybridized carbons (Fsp3) is 0.500.